The van der Waals surface area contributed by atoms with Crippen molar-refractivity contribution < 1.29 is 9.84 Å². The molecule has 0 aliphatic heterocycles. The van der Waals surface area contributed by atoms with Crippen LogP contribution in [0.1, 0.15) is 31.7 Å². The van der Waals surface area contributed by atoms with Crippen LogP contribution < -0.4 is 10.1 Å². The topological polar surface area (TPSA) is 41.5 Å². The minimum Gasteiger partial charge on any atom is -0.491 e. The molecule has 1 fully saturated rings. The Morgan fingerprint density at radius 2 is 2.11 bits per heavy atom. The number of hydrogen-bond acceptors (Lipinski definition) is 3. The van der Waals surface area contributed by atoms with E-state index in [0.717, 1.165) is 11.3 Å². The van der Waals surface area contributed by atoms with Crippen molar-refractivity contribution in [2.45, 2.75) is 44.8 Å². The van der Waals surface area contributed by atoms with Crippen LogP contribution in [0.5, 0.6) is 5.75 Å². The minimum atomic E-state index is -0.456. The van der Waals surface area contributed by atoms with E-state index >= 15 is 0 Å². The Kier molecular flexibility index (Phi) is 4.25. The first-order chi connectivity index (χ1) is 8.59. The first kappa shape index (κ1) is 13.4. The highest BCUT2D eigenvalue weighted by Crippen LogP contribution is 2.30. The summed E-state index contributed by atoms with van der Waals surface area (Å²) in [5.41, 5.74) is 1.34. The van der Waals surface area contributed by atoms with E-state index in [1.807, 2.05) is 31.2 Å². The van der Waals surface area contributed by atoms with E-state index in [-0.39, 0.29) is 5.54 Å². The smallest absolute Gasteiger partial charge is 0.122 e. The molecule has 1 aromatic carbocycles. The lowest BCUT2D eigenvalue weighted by Gasteiger charge is -2.40. The predicted octanol–water partition coefficient (Wildman–Crippen LogP) is 2.27. The fraction of sp³-hybridized carbons (Fsp3) is 0.600. The van der Waals surface area contributed by atoms with Gasteiger partial charge >= 0.3 is 0 Å². The molecule has 18 heavy (non-hydrogen) atoms. The molecule has 0 bridgehead atoms. The summed E-state index contributed by atoms with van der Waals surface area (Å²) in [6, 6.07) is 7.87. The van der Waals surface area contributed by atoms with Gasteiger partial charge in [-0.25, -0.2) is 0 Å². The van der Waals surface area contributed by atoms with Crippen molar-refractivity contribution in [3.05, 3.63) is 29.8 Å². The number of nitrogens with one attached hydrogen (secondary N) is 1. The molecule has 1 atom stereocenters. The number of β-amino-alcohol motifs (C(OH)–C–C–N with tert-alkyl or cyclic N) is 1. The standard InChI is InChI=1S/C15H23NO2/c1-12-6-3-4-7-14(12)18-11-13(17)10-16-15(2)8-5-9-15/h3-4,6-7,13,16-17H,5,8-11H2,1-2H3. The number of hydrogen-bond donors (Lipinski definition) is 2. The second-order valence-electron chi connectivity index (χ2n) is 5.53. The van der Waals surface area contributed by atoms with Crippen molar-refractivity contribution in [2.24, 2.45) is 0 Å². The van der Waals surface area contributed by atoms with Crippen molar-refractivity contribution in [3.63, 3.8) is 0 Å². The van der Waals surface area contributed by atoms with Gasteiger partial charge < -0.3 is 15.2 Å². The summed E-state index contributed by atoms with van der Waals surface area (Å²) >= 11 is 0. The summed E-state index contributed by atoms with van der Waals surface area (Å²) in [5.74, 6) is 0.853. The number of rotatable bonds is 6. The fourth-order valence-electron chi connectivity index (χ4n) is 2.21. The van der Waals surface area contributed by atoms with E-state index in [1.54, 1.807) is 0 Å². The molecule has 2 rings (SSSR count). The highest BCUT2D eigenvalue weighted by atomic mass is 16.5. The second kappa shape index (κ2) is 5.72. The average Bonchev–Trinajstić information content (AvgIpc) is 2.33. The zero-order valence-corrected chi connectivity index (χ0v) is 11.3. The molecule has 3 heteroatoms. The summed E-state index contributed by atoms with van der Waals surface area (Å²) in [7, 11) is 0. The molecule has 1 aliphatic rings. The maximum atomic E-state index is 9.90. The highest BCUT2D eigenvalue weighted by molar-refractivity contribution is 5.31. The lowest BCUT2D eigenvalue weighted by Crippen LogP contribution is -2.51. The summed E-state index contributed by atoms with van der Waals surface area (Å²) in [4.78, 5) is 0. The maximum absolute atomic E-state index is 9.90. The van der Waals surface area contributed by atoms with Gasteiger partial charge in [0, 0.05) is 12.1 Å². The largest absolute Gasteiger partial charge is 0.491 e. The molecular formula is C15H23NO2. The van der Waals surface area contributed by atoms with Crippen LogP contribution in [0.25, 0.3) is 0 Å². The van der Waals surface area contributed by atoms with Gasteiger partial charge in [-0.05, 0) is 44.7 Å². The number of ether oxygens (including phenoxy) is 1. The van der Waals surface area contributed by atoms with Gasteiger partial charge in [-0.15, -0.1) is 0 Å². The first-order valence-electron chi connectivity index (χ1n) is 6.71. The van der Waals surface area contributed by atoms with Crippen LogP contribution in [0.4, 0.5) is 0 Å². The van der Waals surface area contributed by atoms with Crippen LogP contribution in [0, 0.1) is 6.92 Å². The first-order valence-corrected chi connectivity index (χ1v) is 6.71. The third kappa shape index (κ3) is 3.47. The molecule has 3 nitrogen and oxygen atoms in total. The number of aryl methyl sites for hydroxylation is 1. The number of aliphatic hydroxyl groups excluding tert-OH is 1. The quantitative estimate of drug-likeness (QED) is 0.812. The van der Waals surface area contributed by atoms with Gasteiger partial charge in [-0.2, -0.15) is 0 Å². The Morgan fingerprint density at radius 1 is 1.39 bits per heavy atom. The SMILES string of the molecule is Cc1ccccc1OCC(O)CNC1(C)CCC1. The van der Waals surface area contributed by atoms with Gasteiger partial charge in [0.15, 0.2) is 0 Å². The number of aliphatic hydroxyl groups is 1. The van der Waals surface area contributed by atoms with E-state index < -0.39 is 6.10 Å². The van der Waals surface area contributed by atoms with Gasteiger partial charge in [0.05, 0.1) is 0 Å². The monoisotopic (exact) mass is 249 g/mol. The van der Waals surface area contributed by atoms with Gasteiger partial charge in [-0.3, -0.25) is 0 Å². The predicted molar refractivity (Wildman–Crippen MR) is 72.9 cm³/mol. The summed E-state index contributed by atoms with van der Waals surface area (Å²) < 4.78 is 5.63. The van der Waals surface area contributed by atoms with E-state index in [4.69, 9.17) is 4.74 Å². The van der Waals surface area contributed by atoms with Crippen LogP contribution in [0.15, 0.2) is 24.3 Å². The zero-order chi connectivity index (χ0) is 13.0. The lowest BCUT2D eigenvalue weighted by molar-refractivity contribution is 0.0865. The van der Waals surface area contributed by atoms with Crippen LogP contribution in [-0.2, 0) is 0 Å². The molecule has 1 unspecified atom stereocenters. The summed E-state index contributed by atoms with van der Waals surface area (Å²) in [6.45, 7) is 5.16. The number of benzene rings is 1. The average molecular weight is 249 g/mol. The maximum Gasteiger partial charge on any atom is 0.122 e. The molecule has 0 heterocycles. The Hall–Kier alpha value is -1.06. The van der Waals surface area contributed by atoms with Crippen molar-refractivity contribution in [1.82, 2.24) is 5.32 Å². The number of para-hydroxylation sites is 1. The molecule has 0 radical (unpaired) electrons. The van der Waals surface area contributed by atoms with Gasteiger partial charge in [0.2, 0.25) is 0 Å². The normalized spacial score (nSPS) is 19.1. The third-order valence-corrected chi connectivity index (χ3v) is 3.75. The molecule has 0 aromatic heterocycles. The minimum absolute atomic E-state index is 0.240. The van der Waals surface area contributed by atoms with Gasteiger partial charge in [0.25, 0.3) is 0 Å². The molecule has 100 valence electrons. The van der Waals surface area contributed by atoms with Crippen LogP contribution in [0.3, 0.4) is 0 Å². The molecule has 0 amide bonds. The molecule has 1 saturated carbocycles. The Balaban J connectivity index is 1.71. The zero-order valence-electron chi connectivity index (χ0n) is 11.3. The van der Waals surface area contributed by atoms with E-state index in [1.165, 1.54) is 19.3 Å². The Labute approximate surface area is 109 Å². The van der Waals surface area contributed by atoms with E-state index in [9.17, 15) is 5.11 Å². The van der Waals surface area contributed by atoms with Gasteiger partial charge in [0.1, 0.15) is 18.5 Å². The van der Waals surface area contributed by atoms with Gasteiger partial charge in [-0.1, -0.05) is 18.2 Å². The van der Waals surface area contributed by atoms with Crippen LogP contribution >= 0.6 is 0 Å². The second-order valence-corrected chi connectivity index (χ2v) is 5.53. The Bertz CT molecular complexity index is 388. The van der Waals surface area contributed by atoms with E-state index in [2.05, 4.69) is 12.2 Å². The van der Waals surface area contributed by atoms with Crippen molar-refractivity contribution in [1.29, 1.82) is 0 Å². The third-order valence-electron chi connectivity index (χ3n) is 3.75. The molecule has 1 aliphatic carbocycles. The van der Waals surface area contributed by atoms with Crippen molar-refractivity contribution in [2.75, 3.05) is 13.2 Å². The molecule has 0 spiro atoms. The summed E-state index contributed by atoms with van der Waals surface area (Å²) in [6.07, 6.45) is 3.25. The Morgan fingerprint density at radius 3 is 2.72 bits per heavy atom. The molecule has 1 aromatic rings. The summed E-state index contributed by atoms with van der Waals surface area (Å²) in [5, 5.41) is 13.3. The lowest BCUT2D eigenvalue weighted by atomic mass is 9.78. The van der Waals surface area contributed by atoms with Crippen LogP contribution in [-0.4, -0.2) is 29.9 Å². The fourth-order valence-corrected chi connectivity index (χ4v) is 2.21. The highest BCUT2D eigenvalue weighted by Gasteiger charge is 2.31. The molecular weight excluding hydrogens is 226 g/mol. The molecule has 0 saturated heterocycles. The molecule has 2 N–H and O–H groups in total. The van der Waals surface area contributed by atoms with Crippen molar-refractivity contribution >= 4 is 0 Å². The van der Waals surface area contributed by atoms with Crippen molar-refractivity contribution in [3.8, 4) is 5.75 Å². The van der Waals surface area contributed by atoms with Crippen LogP contribution in [0.2, 0.25) is 0 Å². The van der Waals surface area contributed by atoms with E-state index in [0.29, 0.717) is 13.2 Å².